The molecule has 5 nitrogen and oxygen atoms in total. The molecule has 106 valence electrons. The number of likely N-dealkylation sites (N-methyl/N-ethyl adjacent to an activating group) is 1. The number of nitrogens with zero attached hydrogens (tertiary/aromatic N) is 1. The lowest BCUT2D eigenvalue weighted by Crippen LogP contribution is -2.40. The predicted octanol–water partition coefficient (Wildman–Crippen LogP) is 1.28. The van der Waals surface area contributed by atoms with Crippen LogP contribution in [0.1, 0.15) is 30.7 Å². The van der Waals surface area contributed by atoms with Gasteiger partial charge >= 0.3 is 0 Å². The van der Waals surface area contributed by atoms with Crippen LogP contribution < -0.4 is 11.3 Å². The number of nitrogens with two attached hydrogens (primary N) is 1. The summed E-state index contributed by atoms with van der Waals surface area (Å²) in [6.45, 7) is 3.01. The molecule has 3 N–H and O–H groups in total. The topological polar surface area (TPSA) is 67.6 Å². The van der Waals surface area contributed by atoms with E-state index in [-0.39, 0.29) is 18.1 Å². The number of carbonyl (C=O) groups is 1. The minimum absolute atomic E-state index is 0.106. The zero-order valence-electron chi connectivity index (χ0n) is 11.3. The van der Waals surface area contributed by atoms with Gasteiger partial charge in [0.2, 0.25) is 0 Å². The smallest absolute Gasteiger partial charge is 0.263 e. The summed E-state index contributed by atoms with van der Waals surface area (Å²) in [5.74, 6) is 4.90. The molecule has 1 amide bonds. The van der Waals surface area contributed by atoms with Gasteiger partial charge in [0.1, 0.15) is 6.10 Å². The van der Waals surface area contributed by atoms with Gasteiger partial charge in [-0.3, -0.25) is 15.1 Å². The molecule has 1 fully saturated rings. The van der Waals surface area contributed by atoms with Gasteiger partial charge in [-0.15, -0.1) is 11.3 Å². The Kier molecular flexibility index (Phi) is 4.93. The summed E-state index contributed by atoms with van der Waals surface area (Å²) in [6.07, 6.45) is 1.37. The molecule has 3 atom stereocenters. The van der Waals surface area contributed by atoms with Crippen LogP contribution in [0.15, 0.2) is 17.5 Å². The van der Waals surface area contributed by atoms with E-state index in [0.717, 1.165) is 19.4 Å². The standard InChI is InChI=1S/C13H21N3O2S/c1-9(12-4-3-7-19-12)16(2)8-10-5-6-11(18-10)13(17)15-14/h3-4,7,9-11H,5-6,8,14H2,1-2H3,(H,15,17). The molecule has 0 saturated carbocycles. The van der Waals surface area contributed by atoms with E-state index in [0.29, 0.717) is 6.04 Å². The second-order valence-corrected chi connectivity index (χ2v) is 5.94. The predicted molar refractivity (Wildman–Crippen MR) is 75.6 cm³/mol. The van der Waals surface area contributed by atoms with Gasteiger partial charge in [0.05, 0.1) is 6.10 Å². The maximum absolute atomic E-state index is 11.4. The molecule has 2 heterocycles. The van der Waals surface area contributed by atoms with Gasteiger partial charge in [0.25, 0.3) is 5.91 Å². The van der Waals surface area contributed by atoms with Crippen molar-refractivity contribution in [2.24, 2.45) is 5.84 Å². The first-order valence-corrected chi connectivity index (χ1v) is 7.39. The van der Waals surface area contributed by atoms with Gasteiger partial charge in [-0.2, -0.15) is 0 Å². The van der Waals surface area contributed by atoms with Crippen molar-refractivity contribution >= 4 is 17.2 Å². The number of hydrazine groups is 1. The zero-order chi connectivity index (χ0) is 13.8. The van der Waals surface area contributed by atoms with E-state index in [1.165, 1.54) is 4.88 Å². The van der Waals surface area contributed by atoms with E-state index in [1.54, 1.807) is 11.3 Å². The first-order valence-electron chi connectivity index (χ1n) is 6.51. The summed E-state index contributed by atoms with van der Waals surface area (Å²) in [6, 6.07) is 4.58. The van der Waals surface area contributed by atoms with E-state index in [2.05, 4.69) is 41.8 Å². The van der Waals surface area contributed by atoms with Crippen molar-refractivity contribution in [1.82, 2.24) is 10.3 Å². The second-order valence-electron chi connectivity index (χ2n) is 4.96. The van der Waals surface area contributed by atoms with Crippen LogP contribution in [0.2, 0.25) is 0 Å². The molecule has 19 heavy (non-hydrogen) atoms. The van der Waals surface area contributed by atoms with Crippen molar-refractivity contribution in [3.05, 3.63) is 22.4 Å². The highest BCUT2D eigenvalue weighted by molar-refractivity contribution is 7.10. The minimum atomic E-state index is -0.388. The highest BCUT2D eigenvalue weighted by Crippen LogP contribution is 2.26. The average Bonchev–Trinajstić information content (AvgIpc) is 3.07. The van der Waals surface area contributed by atoms with Crippen LogP contribution in [-0.4, -0.2) is 36.6 Å². The van der Waals surface area contributed by atoms with Crippen molar-refractivity contribution < 1.29 is 9.53 Å². The average molecular weight is 283 g/mol. The van der Waals surface area contributed by atoms with Crippen molar-refractivity contribution in [2.45, 2.75) is 38.0 Å². The number of thiophene rings is 1. The fourth-order valence-electron chi connectivity index (χ4n) is 2.35. The Morgan fingerprint density at radius 3 is 3.11 bits per heavy atom. The Hall–Kier alpha value is -0.950. The fourth-order valence-corrected chi connectivity index (χ4v) is 3.20. The Morgan fingerprint density at radius 2 is 2.47 bits per heavy atom. The van der Waals surface area contributed by atoms with Crippen LogP contribution in [0.25, 0.3) is 0 Å². The van der Waals surface area contributed by atoms with Crippen molar-refractivity contribution in [1.29, 1.82) is 0 Å². The van der Waals surface area contributed by atoms with Gasteiger partial charge in [-0.25, -0.2) is 5.84 Å². The third kappa shape index (κ3) is 3.54. The summed E-state index contributed by atoms with van der Waals surface area (Å²) < 4.78 is 5.72. The SMILES string of the molecule is CC(c1cccs1)N(C)CC1CCC(C(=O)NN)O1. The summed E-state index contributed by atoms with van der Waals surface area (Å²) in [7, 11) is 2.09. The molecule has 0 aromatic carbocycles. The van der Waals surface area contributed by atoms with Crippen LogP contribution >= 0.6 is 11.3 Å². The first-order chi connectivity index (χ1) is 9.11. The molecule has 6 heteroatoms. The van der Waals surface area contributed by atoms with E-state index < -0.39 is 0 Å². The maximum Gasteiger partial charge on any atom is 0.263 e. The summed E-state index contributed by atoms with van der Waals surface area (Å²) in [5.41, 5.74) is 2.15. The number of hydrogen-bond acceptors (Lipinski definition) is 5. The number of nitrogens with one attached hydrogen (secondary N) is 1. The van der Waals surface area contributed by atoms with E-state index in [1.807, 2.05) is 0 Å². The molecule has 1 aliphatic rings. The van der Waals surface area contributed by atoms with Crippen molar-refractivity contribution in [3.63, 3.8) is 0 Å². The highest BCUT2D eigenvalue weighted by Gasteiger charge is 2.31. The molecular formula is C13H21N3O2S. The van der Waals surface area contributed by atoms with Crippen LogP contribution in [0, 0.1) is 0 Å². The molecule has 0 radical (unpaired) electrons. The largest absolute Gasteiger partial charge is 0.364 e. The molecule has 1 aromatic heterocycles. The van der Waals surface area contributed by atoms with Gasteiger partial charge < -0.3 is 4.74 Å². The Balaban J connectivity index is 1.83. The van der Waals surface area contributed by atoms with E-state index in [9.17, 15) is 4.79 Å². The first kappa shape index (κ1) is 14.5. The van der Waals surface area contributed by atoms with E-state index >= 15 is 0 Å². The van der Waals surface area contributed by atoms with Crippen LogP contribution in [0.4, 0.5) is 0 Å². The molecule has 1 aliphatic heterocycles. The third-order valence-corrected chi connectivity index (χ3v) is 4.69. The van der Waals surface area contributed by atoms with Crippen molar-refractivity contribution in [3.8, 4) is 0 Å². The second kappa shape index (κ2) is 6.47. The highest BCUT2D eigenvalue weighted by atomic mass is 32.1. The minimum Gasteiger partial charge on any atom is -0.364 e. The number of hydrogen-bond donors (Lipinski definition) is 2. The lowest BCUT2D eigenvalue weighted by molar-refractivity contribution is -0.132. The fraction of sp³-hybridized carbons (Fsp3) is 0.615. The molecule has 2 rings (SSSR count). The molecule has 0 bridgehead atoms. The van der Waals surface area contributed by atoms with Crippen LogP contribution in [0.3, 0.4) is 0 Å². The van der Waals surface area contributed by atoms with E-state index in [4.69, 9.17) is 10.6 Å². The number of ether oxygens (including phenoxy) is 1. The molecule has 1 saturated heterocycles. The maximum atomic E-state index is 11.4. The quantitative estimate of drug-likeness (QED) is 0.485. The molecule has 1 aromatic rings. The number of amides is 1. The Morgan fingerprint density at radius 1 is 1.68 bits per heavy atom. The number of carbonyl (C=O) groups excluding carboxylic acids is 1. The van der Waals surface area contributed by atoms with Gasteiger partial charge in [0.15, 0.2) is 0 Å². The monoisotopic (exact) mass is 283 g/mol. The molecule has 0 spiro atoms. The Bertz CT molecular complexity index is 410. The zero-order valence-corrected chi connectivity index (χ0v) is 12.2. The van der Waals surface area contributed by atoms with Gasteiger partial charge in [-0.1, -0.05) is 6.07 Å². The molecule has 3 unspecified atom stereocenters. The summed E-state index contributed by atoms with van der Waals surface area (Å²) >= 11 is 1.76. The van der Waals surface area contributed by atoms with Gasteiger partial charge in [0, 0.05) is 17.5 Å². The summed E-state index contributed by atoms with van der Waals surface area (Å²) in [5, 5.41) is 2.09. The molecular weight excluding hydrogens is 262 g/mol. The Labute approximate surface area is 117 Å². The van der Waals surface area contributed by atoms with Gasteiger partial charge in [-0.05, 0) is 38.3 Å². The van der Waals surface area contributed by atoms with Crippen molar-refractivity contribution in [2.75, 3.05) is 13.6 Å². The number of rotatable bonds is 5. The lowest BCUT2D eigenvalue weighted by atomic mass is 10.1. The molecule has 0 aliphatic carbocycles. The third-order valence-electron chi connectivity index (χ3n) is 3.65. The lowest BCUT2D eigenvalue weighted by Gasteiger charge is -2.26. The van der Waals surface area contributed by atoms with Crippen LogP contribution in [-0.2, 0) is 9.53 Å². The normalized spacial score (nSPS) is 24.6. The van der Waals surface area contributed by atoms with Crippen LogP contribution in [0.5, 0.6) is 0 Å². The summed E-state index contributed by atoms with van der Waals surface area (Å²) in [4.78, 5) is 15.0.